The highest BCUT2D eigenvalue weighted by Gasteiger charge is 2.20. The van der Waals surface area contributed by atoms with E-state index < -0.39 is 4.92 Å². The second-order valence-electron chi connectivity index (χ2n) is 3.91. The molecule has 0 saturated heterocycles. The first-order valence-electron chi connectivity index (χ1n) is 5.59. The van der Waals surface area contributed by atoms with Crippen molar-refractivity contribution < 1.29 is 9.66 Å². The van der Waals surface area contributed by atoms with Crippen LogP contribution in [0, 0.1) is 10.1 Å². The summed E-state index contributed by atoms with van der Waals surface area (Å²) in [5.41, 5.74) is 0.777. The van der Waals surface area contributed by atoms with Crippen molar-refractivity contribution >= 4 is 21.6 Å². The van der Waals surface area contributed by atoms with Gasteiger partial charge in [0.15, 0.2) is 0 Å². The van der Waals surface area contributed by atoms with Crippen molar-refractivity contribution in [3.05, 3.63) is 62.7 Å². The lowest BCUT2D eigenvalue weighted by molar-refractivity contribution is -0.386. The fourth-order valence-electron chi connectivity index (χ4n) is 1.60. The molecule has 0 aliphatic heterocycles. The van der Waals surface area contributed by atoms with Gasteiger partial charge in [-0.2, -0.15) is 0 Å². The largest absolute Gasteiger partial charge is 0.465 e. The third-order valence-corrected chi connectivity index (χ3v) is 2.99. The highest BCUT2D eigenvalue weighted by molar-refractivity contribution is 9.10. The van der Waals surface area contributed by atoms with Crippen LogP contribution in [0.2, 0.25) is 0 Å². The molecular formula is C13H11BrN2O3. The molecule has 0 radical (unpaired) electrons. The van der Waals surface area contributed by atoms with E-state index in [2.05, 4.69) is 20.9 Å². The van der Waals surface area contributed by atoms with Gasteiger partial charge in [-0.3, -0.25) is 10.1 Å². The third-order valence-electron chi connectivity index (χ3n) is 2.55. The molecule has 2 aromatic rings. The van der Waals surface area contributed by atoms with Gasteiger partial charge in [-0.1, -0.05) is 30.3 Å². The summed E-state index contributed by atoms with van der Waals surface area (Å²) in [5.74, 6) is 0.0181. The van der Waals surface area contributed by atoms with E-state index >= 15 is 0 Å². The molecule has 0 aliphatic rings. The van der Waals surface area contributed by atoms with Crippen LogP contribution >= 0.6 is 15.9 Å². The molecule has 0 saturated carbocycles. The van der Waals surface area contributed by atoms with E-state index in [-0.39, 0.29) is 17.7 Å². The number of ether oxygens (including phenoxy) is 1. The number of rotatable bonds is 4. The van der Waals surface area contributed by atoms with Gasteiger partial charge in [0.1, 0.15) is 6.10 Å². The van der Waals surface area contributed by atoms with E-state index in [0.717, 1.165) is 5.56 Å². The van der Waals surface area contributed by atoms with Crippen molar-refractivity contribution in [3.8, 4) is 5.88 Å². The minimum Gasteiger partial charge on any atom is -0.465 e. The molecule has 98 valence electrons. The Morgan fingerprint density at radius 2 is 2.05 bits per heavy atom. The van der Waals surface area contributed by atoms with Gasteiger partial charge in [-0.15, -0.1) is 0 Å². The molecule has 6 heteroatoms. The molecule has 0 aliphatic carbocycles. The zero-order valence-electron chi connectivity index (χ0n) is 10.1. The number of nitrogens with zero attached hydrogens (tertiary/aromatic N) is 2. The Morgan fingerprint density at radius 1 is 1.37 bits per heavy atom. The van der Waals surface area contributed by atoms with E-state index in [0.29, 0.717) is 4.47 Å². The number of hydrogen-bond acceptors (Lipinski definition) is 4. The van der Waals surface area contributed by atoms with Crippen LogP contribution in [0.25, 0.3) is 0 Å². The molecule has 2 rings (SSSR count). The fourth-order valence-corrected chi connectivity index (χ4v) is 1.92. The summed E-state index contributed by atoms with van der Waals surface area (Å²) in [5, 5.41) is 11.0. The van der Waals surface area contributed by atoms with Gasteiger partial charge in [0.25, 0.3) is 5.88 Å². The van der Waals surface area contributed by atoms with Crippen molar-refractivity contribution in [1.29, 1.82) is 0 Å². The van der Waals surface area contributed by atoms with Crippen LogP contribution in [0.4, 0.5) is 5.69 Å². The zero-order valence-corrected chi connectivity index (χ0v) is 11.7. The lowest BCUT2D eigenvalue weighted by Gasteiger charge is -2.14. The molecule has 1 aromatic heterocycles. The lowest BCUT2D eigenvalue weighted by Crippen LogP contribution is -2.06. The van der Waals surface area contributed by atoms with Gasteiger partial charge in [-0.25, -0.2) is 4.98 Å². The van der Waals surface area contributed by atoms with E-state index in [9.17, 15) is 10.1 Å². The Bertz CT molecular complexity index is 590. The zero-order chi connectivity index (χ0) is 13.8. The Balaban J connectivity index is 2.26. The normalized spacial score (nSPS) is 11.9. The molecule has 1 atom stereocenters. The molecule has 0 amide bonds. The average molecular weight is 323 g/mol. The molecular weight excluding hydrogens is 312 g/mol. The Hall–Kier alpha value is -1.95. The Morgan fingerprint density at radius 3 is 2.68 bits per heavy atom. The van der Waals surface area contributed by atoms with Gasteiger partial charge in [0.2, 0.25) is 0 Å². The molecule has 1 heterocycles. The number of halogens is 1. The Kier molecular flexibility index (Phi) is 4.11. The second-order valence-corrected chi connectivity index (χ2v) is 4.82. The van der Waals surface area contributed by atoms with Gasteiger partial charge in [0.05, 0.1) is 4.92 Å². The second kappa shape index (κ2) is 5.79. The first-order valence-corrected chi connectivity index (χ1v) is 6.39. The van der Waals surface area contributed by atoms with Crippen molar-refractivity contribution in [2.45, 2.75) is 13.0 Å². The third kappa shape index (κ3) is 3.29. The predicted molar refractivity (Wildman–Crippen MR) is 74.1 cm³/mol. The molecule has 19 heavy (non-hydrogen) atoms. The van der Waals surface area contributed by atoms with Crippen molar-refractivity contribution in [3.63, 3.8) is 0 Å². The predicted octanol–water partition coefficient (Wildman–Crippen LogP) is 3.89. The van der Waals surface area contributed by atoms with Crippen LogP contribution < -0.4 is 4.74 Å². The van der Waals surface area contributed by atoms with Gasteiger partial charge in [-0.05, 0) is 28.4 Å². The Labute approximate surface area is 118 Å². The number of hydrogen-bond donors (Lipinski definition) is 0. The van der Waals surface area contributed by atoms with Gasteiger partial charge < -0.3 is 4.74 Å². The summed E-state index contributed by atoms with van der Waals surface area (Å²) in [7, 11) is 0. The van der Waals surface area contributed by atoms with E-state index in [4.69, 9.17) is 4.74 Å². The van der Waals surface area contributed by atoms with Crippen LogP contribution in [-0.2, 0) is 0 Å². The van der Waals surface area contributed by atoms with Crippen LogP contribution in [0.15, 0.2) is 47.1 Å². The molecule has 0 bridgehead atoms. The minimum absolute atomic E-state index is 0.0181. The fraction of sp³-hybridized carbons (Fsp3) is 0.154. The molecule has 5 nitrogen and oxygen atoms in total. The summed E-state index contributed by atoms with van der Waals surface area (Å²) in [6, 6.07) is 10.8. The number of aromatic nitrogens is 1. The lowest BCUT2D eigenvalue weighted by atomic mass is 10.1. The topological polar surface area (TPSA) is 65.3 Å². The van der Waals surface area contributed by atoms with Crippen molar-refractivity contribution in [2.24, 2.45) is 0 Å². The quantitative estimate of drug-likeness (QED) is 0.632. The maximum absolute atomic E-state index is 11.0. The van der Waals surface area contributed by atoms with Gasteiger partial charge in [0, 0.05) is 16.7 Å². The van der Waals surface area contributed by atoms with E-state index in [1.54, 1.807) is 0 Å². The van der Waals surface area contributed by atoms with Crippen LogP contribution in [0.1, 0.15) is 18.6 Å². The van der Waals surface area contributed by atoms with Crippen molar-refractivity contribution in [1.82, 2.24) is 4.98 Å². The SMILES string of the molecule is CC(Oc1ncc(Br)cc1[N+](=O)[O-])c1ccccc1. The van der Waals surface area contributed by atoms with Crippen LogP contribution in [-0.4, -0.2) is 9.91 Å². The average Bonchev–Trinajstić information content (AvgIpc) is 2.41. The van der Waals surface area contributed by atoms with E-state index in [1.807, 2.05) is 37.3 Å². The summed E-state index contributed by atoms with van der Waals surface area (Å²) in [4.78, 5) is 14.4. The smallest absolute Gasteiger partial charge is 0.332 e. The van der Waals surface area contributed by atoms with E-state index in [1.165, 1.54) is 12.3 Å². The number of nitro groups is 1. The number of benzene rings is 1. The highest BCUT2D eigenvalue weighted by atomic mass is 79.9. The maximum atomic E-state index is 11.0. The molecule has 0 spiro atoms. The van der Waals surface area contributed by atoms with Crippen LogP contribution in [0.3, 0.4) is 0 Å². The summed E-state index contributed by atoms with van der Waals surface area (Å²) in [6.45, 7) is 1.82. The summed E-state index contributed by atoms with van der Waals surface area (Å²) < 4.78 is 6.11. The van der Waals surface area contributed by atoms with Gasteiger partial charge >= 0.3 is 5.69 Å². The van der Waals surface area contributed by atoms with Crippen molar-refractivity contribution in [2.75, 3.05) is 0 Å². The summed E-state index contributed by atoms with van der Waals surface area (Å²) in [6.07, 6.45) is 1.16. The number of pyridine rings is 1. The summed E-state index contributed by atoms with van der Waals surface area (Å²) >= 11 is 3.15. The monoisotopic (exact) mass is 322 g/mol. The molecule has 0 N–H and O–H groups in total. The molecule has 0 fully saturated rings. The maximum Gasteiger partial charge on any atom is 0.332 e. The standard InChI is InChI=1S/C13H11BrN2O3/c1-9(10-5-3-2-4-6-10)19-13-12(16(17)18)7-11(14)8-15-13/h2-9H,1H3. The van der Waals surface area contributed by atoms with Crippen LogP contribution in [0.5, 0.6) is 5.88 Å². The minimum atomic E-state index is -0.509. The molecule has 1 unspecified atom stereocenters. The first kappa shape index (κ1) is 13.5. The first-order chi connectivity index (χ1) is 9.08. The highest BCUT2D eigenvalue weighted by Crippen LogP contribution is 2.30. The molecule has 1 aromatic carbocycles.